The lowest BCUT2D eigenvalue weighted by Crippen LogP contribution is -2.63. The molecule has 0 N–H and O–H groups in total. The third-order valence-corrected chi connectivity index (χ3v) is 12.1. The van der Waals surface area contributed by atoms with E-state index in [1.165, 1.54) is 0 Å². The van der Waals surface area contributed by atoms with Gasteiger partial charge in [-0.2, -0.15) is 0 Å². The van der Waals surface area contributed by atoms with Crippen molar-refractivity contribution in [3.8, 4) is 0 Å². The van der Waals surface area contributed by atoms with Crippen molar-refractivity contribution in [2.24, 2.45) is 17.8 Å². The van der Waals surface area contributed by atoms with Crippen molar-refractivity contribution < 1.29 is 56.9 Å². The first kappa shape index (κ1) is 46.6. The Hall–Kier alpha value is -2.40. The van der Waals surface area contributed by atoms with E-state index >= 15 is 0 Å². The molecule has 4 saturated heterocycles. The van der Waals surface area contributed by atoms with Crippen molar-refractivity contribution >= 4 is 40.8 Å². The van der Waals surface area contributed by atoms with Crippen LogP contribution >= 0.6 is 34.8 Å². The topological polar surface area (TPSA) is 119 Å². The largest absolute Gasteiger partial charge is 0.430 e. The molecule has 3 aromatic rings. The molecule has 12 nitrogen and oxygen atoms in total. The van der Waals surface area contributed by atoms with Crippen LogP contribution in [0.25, 0.3) is 0 Å². The summed E-state index contributed by atoms with van der Waals surface area (Å²) in [6.45, 7) is 13.3. The number of ether oxygens (including phenoxy) is 11. The van der Waals surface area contributed by atoms with Crippen LogP contribution in [0.4, 0.5) is 0 Å². The van der Waals surface area contributed by atoms with Crippen LogP contribution in [-0.4, -0.2) is 96.5 Å². The molecule has 0 bridgehead atoms. The zero-order valence-corrected chi connectivity index (χ0v) is 37.6. The van der Waals surface area contributed by atoms with E-state index in [0.717, 1.165) is 16.7 Å². The third-order valence-electron chi connectivity index (χ3n) is 11.6. The second kappa shape index (κ2) is 20.6. The minimum atomic E-state index is -2.41. The number of fused-ring (bicyclic) bond motifs is 1. The van der Waals surface area contributed by atoms with Gasteiger partial charge in [-0.25, -0.2) is 4.79 Å². The number of carbonyl (C=O) groups is 1. The minimum absolute atomic E-state index is 0.121. The number of hydrogen-bond donors (Lipinski definition) is 0. The van der Waals surface area contributed by atoms with Crippen LogP contribution in [-0.2, 0) is 76.7 Å². The maximum atomic E-state index is 13.2. The Balaban J connectivity index is 1.11. The number of halogens is 3. The van der Waals surface area contributed by atoms with Gasteiger partial charge >= 0.3 is 5.97 Å². The van der Waals surface area contributed by atoms with E-state index in [1.54, 1.807) is 0 Å². The Kier molecular flexibility index (Phi) is 15.7. The normalized spacial score (nSPS) is 35.0. The quantitative estimate of drug-likeness (QED) is 0.108. The second-order valence-corrected chi connectivity index (χ2v) is 19.1. The highest BCUT2D eigenvalue weighted by Crippen LogP contribution is 2.43. The molecule has 61 heavy (non-hydrogen) atoms. The number of hydrogen-bond acceptors (Lipinski definition) is 12. The van der Waals surface area contributed by atoms with Gasteiger partial charge in [0.1, 0.15) is 24.4 Å². The van der Waals surface area contributed by atoms with Gasteiger partial charge in [-0.05, 0) is 37.5 Å². The number of rotatable bonds is 15. The highest BCUT2D eigenvalue weighted by atomic mass is 35.6. The lowest BCUT2D eigenvalue weighted by atomic mass is 9.89. The molecule has 334 valence electrons. The van der Waals surface area contributed by atoms with Crippen molar-refractivity contribution in [3.63, 3.8) is 0 Å². The van der Waals surface area contributed by atoms with Gasteiger partial charge in [-0.3, -0.25) is 0 Å². The fourth-order valence-electron chi connectivity index (χ4n) is 8.45. The molecular formula is C46H57Cl3O12. The van der Waals surface area contributed by atoms with Gasteiger partial charge in [-0.1, -0.05) is 147 Å². The summed E-state index contributed by atoms with van der Waals surface area (Å²) in [4.78, 5) is 13.2. The summed E-state index contributed by atoms with van der Waals surface area (Å²) in [5.74, 6) is -2.53. The fourth-order valence-corrected chi connectivity index (χ4v) is 8.59. The van der Waals surface area contributed by atoms with Crippen LogP contribution in [0, 0.1) is 17.8 Å². The van der Waals surface area contributed by atoms with Gasteiger partial charge in [0, 0.05) is 17.8 Å². The van der Waals surface area contributed by atoms with E-state index < -0.39 is 77.1 Å². The molecule has 7 rings (SSSR count). The molecule has 3 aromatic carbocycles. The number of carbonyl (C=O) groups excluding carboxylic acids is 1. The van der Waals surface area contributed by atoms with E-state index in [0.29, 0.717) is 19.8 Å². The first-order valence-corrected chi connectivity index (χ1v) is 22.1. The average Bonchev–Trinajstić information content (AvgIpc) is 3.57. The van der Waals surface area contributed by atoms with Gasteiger partial charge in [0.05, 0.1) is 57.5 Å². The highest BCUT2D eigenvalue weighted by molar-refractivity contribution is 6.75. The van der Waals surface area contributed by atoms with Gasteiger partial charge in [0.25, 0.3) is 3.79 Å². The molecule has 0 radical (unpaired) electrons. The van der Waals surface area contributed by atoms with Crippen LogP contribution in [0.1, 0.15) is 58.2 Å². The second-order valence-electron chi connectivity index (χ2n) is 16.8. The Labute approximate surface area is 373 Å². The van der Waals surface area contributed by atoms with Crippen LogP contribution < -0.4 is 0 Å². The van der Waals surface area contributed by atoms with Gasteiger partial charge in [0.15, 0.2) is 18.4 Å². The summed E-state index contributed by atoms with van der Waals surface area (Å²) in [5, 5.41) is 0. The SMILES string of the molecule is CC1C(OCc2ccccc2)[C@H](C)CO[C@H]1O[C@H]1C(C)O[C@@H](OC2C(OCc3ccccc3)C(C)[C@@H](COCc3ccccc3)O[C@@H]2OC(=O)C(Cl)(Cl)Cl)C2OC(C)(C)OC21. The summed E-state index contributed by atoms with van der Waals surface area (Å²) in [6.07, 6.45) is -8.38. The van der Waals surface area contributed by atoms with Crippen molar-refractivity contribution in [1.82, 2.24) is 0 Å². The summed E-state index contributed by atoms with van der Waals surface area (Å²) in [5.41, 5.74) is 3.00. The van der Waals surface area contributed by atoms with Gasteiger partial charge in [0.2, 0.25) is 6.29 Å². The first-order chi connectivity index (χ1) is 29.2. The van der Waals surface area contributed by atoms with Crippen LogP contribution in [0.15, 0.2) is 91.0 Å². The summed E-state index contributed by atoms with van der Waals surface area (Å²) in [7, 11) is 0. The van der Waals surface area contributed by atoms with E-state index in [4.69, 9.17) is 86.9 Å². The van der Waals surface area contributed by atoms with Crippen molar-refractivity contribution in [2.45, 2.75) is 139 Å². The summed E-state index contributed by atoms with van der Waals surface area (Å²) in [6, 6.07) is 29.5. The molecule has 0 spiro atoms. The van der Waals surface area contributed by atoms with Crippen LogP contribution in [0.2, 0.25) is 0 Å². The average molecular weight is 908 g/mol. The molecule has 14 atom stereocenters. The minimum Gasteiger partial charge on any atom is -0.430 e. The van der Waals surface area contributed by atoms with Crippen LogP contribution in [0.5, 0.6) is 0 Å². The molecule has 0 aliphatic carbocycles. The maximum absolute atomic E-state index is 13.2. The van der Waals surface area contributed by atoms with Crippen LogP contribution in [0.3, 0.4) is 0 Å². The molecule has 4 aliphatic rings. The lowest BCUT2D eigenvalue weighted by molar-refractivity contribution is -0.362. The van der Waals surface area contributed by atoms with E-state index in [9.17, 15) is 4.79 Å². The highest BCUT2D eigenvalue weighted by Gasteiger charge is 2.59. The number of alkyl halides is 3. The number of esters is 1. The van der Waals surface area contributed by atoms with Crippen molar-refractivity contribution in [3.05, 3.63) is 108 Å². The van der Waals surface area contributed by atoms with E-state index in [1.807, 2.05) is 119 Å². The summed E-state index contributed by atoms with van der Waals surface area (Å²) >= 11 is 18.1. The zero-order valence-electron chi connectivity index (χ0n) is 35.3. The van der Waals surface area contributed by atoms with Crippen molar-refractivity contribution in [1.29, 1.82) is 0 Å². The molecule has 0 aromatic heterocycles. The first-order valence-electron chi connectivity index (χ1n) is 21.0. The molecule has 0 amide bonds. The predicted octanol–water partition coefficient (Wildman–Crippen LogP) is 8.31. The molecule has 15 heteroatoms. The Morgan fingerprint density at radius 3 is 1.79 bits per heavy atom. The maximum Gasteiger partial charge on any atom is 0.360 e. The van der Waals surface area contributed by atoms with Gasteiger partial charge < -0.3 is 52.1 Å². The standard InChI is InChI=1S/C46H57Cl3O12/c1-27-22-54-41(29(3)35(27)52-24-32-18-12-8-13-19-32)57-37-30(4)55-43(40-38(37)60-45(5,6)61-40)58-39-36(53-25-33-20-14-9-15-21-33)28(2)34(26-51-23-31-16-10-7-11-17-31)56-42(39)59-44(50)46(47,48)49/h7-21,27-30,34-43H,22-26H2,1-6H3/t27-,28?,29?,30?,34-,35?,36?,37+,38?,39?,40?,41+,42-,43+/m1/s1. The fraction of sp³-hybridized carbons (Fsp3) is 0.587. The number of benzene rings is 3. The van der Waals surface area contributed by atoms with Crippen molar-refractivity contribution in [2.75, 3.05) is 13.2 Å². The molecule has 4 aliphatic heterocycles. The molecular weight excluding hydrogens is 851 g/mol. The summed E-state index contributed by atoms with van der Waals surface area (Å²) < 4.78 is 68.9. The molecule has 4 fully saturated rings. The Bertz CT molecular complexity index is 1820. The van der Waals surface area contributed by atoms with E-state index in [2.05, 4.69) is 13.8 Å². The lowest BCUT2D eigenvalue weighted by Gasteiger charge is -2.48. The Morgan fingerprint density at radius 1 is 0.656 bits per heavy atom. The van der Waals surface area contributed by atoms with Gasteiger partial charge in [-0.15, -0.1) is 0 Å². The smallest absolute Gasteiger partial charge is 0.360 e. The predicted molar refractivity (Wildman–Crippen MR) is 226 cm³/mol. The Morgan fingerprint density at radius 2 is 1.20 bits per heavy atom. The molecule has 8 unspecified atom stereocenters. The molecule has 0 saturated carbocycles. The zero-order chi connectivity index (χ0) is 43.3. The van der Waals surface area contributed by atoms with E-state index in [-0.39, 0.29) is 37.1 Å². The third kappa shape index (κ3) is 11.8. The molecule has 4 heterocycles. The monoisotopic (exact) mass is 906 g/mol.